The van der Waals surface area contributed by atoms with Crippen LogP contribution >= 0.6 is 0 Å². The number of nitrogens with zero attached hydrogens (tertiary/aromatic N) is 6. The number of aromatic nitrogens is 4. The van der Waals surface area contributed by atoms with Gasteiger partial charge in [-0.2, -0.15) is 0 Å². The second-order valence-electron chi connectivity index (χ2n) is 9.43. The molecule has 2 fully saturated rings. The second-order valence-corrected chi connectivity index (χ2v) is 11.1. The molecule has 10 heteroatoms. The van der Waals surface area contributed by atoms with E-state index in [1.54, 1.807) is 48.8 Å². The van der Waals surface area contributed by atoms with E-state index in [1.165, 1.54) is 0 Å². The minimum absolute atomic E-state index is 0.186. The first-order valence-electron chi connectivity index (χ1n) is 11.8. The standard InChI is InChI=1S/C25H27N7O2S/c1-17(2)31-15-20-13-19(31)16-32(20)25-28-22(14-24-27-10-11-30(24)25)18-8-9-26-23(12-18)29-35(33,34)21-6-4-3-5-7-21/h3-12,14,17,19-20H,13,15-16H2,1-2H3,(H,26,29). The van der Waals surface area contributed by atoms with Crippen LogP contribution < -0.4 is 9.62 Å². The number of nitrogens with one attached hydrogen (secondary N) is 1. The first-order valence-corrected chi connectivity index (χ1v) is 13.3. The zero-order valence-electron chi connectivity index (χ0n) is 19.6. The fourth-order valence-corrected chi connectivity index (χ4v) is 6.29. The van der Waals surface area contributed by atoms with Crippen molar-refractivity contribution in [1.29, 1.82) is 0 Å². The number of likely N-dealkylation sites (tertiary alicyclic amines) is 1. The number of hydrogen-bond acceptors (Lipinski definition) is 7. The molecule has 2 unspecified atom stereocenters. The van der Waals surface area contributed by atoms with Crippen LogP contribution in [0.15, 0.2) is 72.0 Å². The molecule has 0 aliphatic carbocycles. The average molecular weight is 490 g/mol. The van der Waals surface area contributed by atoms with Crippen LogP contribution in [0, 0.1) is 0 Å². The van der Waals surface area contributed by atoms with Gasteiger partial charge in [-0.15, -0.1) is 0 Å². The first kappa shape index (κ1) is 22.0. The summed E-state index contributed by atoms with van der Waals surface area (Å²) in [5.74, 6) is 1.11. The fourth-order valence-electron chi connectivity index (χ4n) is 5.27. The topological polar surface area (TPSA) is 95.7 Å². The molecule has 2 aliphatic rings. The van der Waals surface area contributed by atoms with Gasteiger partial charge < -0.3 is 4.90 Å². The molecule has 0 amide bonds. The number of anilines is 2. The van der Waals surface area contributed by atoms with Gasteiger partial charge >= 0.3 is 0 Å². The van der Waals surface area contributed by atoms with E-state index in [0.717, 1.165) is 42.4 Å². The van der Waals surface area contributed by atoms with Crippen molar-refractivity contribution in [3.63, 3.8) is 0 Å². The lowest BCUT2D eigenvalue weighted by molar-refractivity contribution is 0.190. The second kappa shape index (κ2) is 8.31. The number of pyridine rings is 1. The molecule has 2 atom stereocenters. The molecule has 0 spiro atoms. The molecule has 2 aliphatic heterocycles. The minimum Gasteiger partial charge on any atom is -0.336 e. The SMILES string of the molecule is CC(C)N1CC2CC1CN2c1nc(-c2ccnc(NS(=O)(=O)c3ccccc3)c2)cc2nccn12. The Bertz CT molecular complexity index is 1490. The molecule has 5 heterocycles. The van der Waals surface area contributed by atoms with Crippen LogP contribution in [0.4, 0.5) is 11.8 Å². The molecule has 4 aromatic rings. The number of fused-ring (bicyclic) bond motifs is 3. The van der Waals surface area contributed by atoms with Gasteiger partial charge in [0, 0.05) is 61.4 Å². The van der Waals surface area contributed by atoms with E-state index < -0.39 is 10.0 Å². The number of piperazine rings is 1. The molecule has 35 heavy (non-hydrogen) atoms. The van der Waals surface area contributed by atoms with Crippen LogP contribution in [0.2, 0.25) is 0 Å². The van der Waals surface area contributed by atoms with E-state index >= 15 is 0 Å². The third-order valence-corrected chi connectivity index (χ3v) is 8.29. The third-order valence-electron chi connectivity index (χ3n) is 6.92. The van der Waals surface area contributed by atoms with Crippen molar-refractivity contribution >= 4 is 27.4 Å². The summed E-state index contributed by atoms with van der Waals surface area (Å²) in [5.41, 5.74) is 2.30. The van der Waals surface area contributed by atoms with Gasteiger partial charge in [-0.1, -0.05) is 18.2 Å². The Morgan fingerprint density at radius 1 is 1.00 bits per heavy atom. The highest BCUT2D eigenvalue weighted by Gasteiger charge is 2.45. The Morgan fingerprint density at radius 2 is 1.83 bits per heavy atom. The summed E-state index contributed by atoms with van der Waals surface area (Å²) < 4.78 is 30.2. The molecule has 0 radical (unpaired) electrons. The molecule has 1 aromatic carbocycles. The van der Waals surface area contributed by atoms with Crippen molar-refractivity contribution in [2.75, 3.05) is 22.7 Å². The Morgan fingerprint density at radius 3 is 2.57 bits per heavy atom. The van der Waals surface area contributed by atoms with Crippen molar-refractivity contribution in [3.05, 3.63) is 67.1 Å². The average Bonchev–Trinajstić information content (AvgIpc) is 3.59. The first-order chi connectivity index (χ1) is 16.9. The Kier molecular flexibility index (Phi) is 5.23. The maximum absolute atomic E-state index is 12.8. The number of rotatable bonds is 6. The van der Waals surface area contributed by atoms with E-state index in [2.05, 4.69) is 38.3 Å². The highest BCUT2D eigenvalue weighted by molar-refractivity contribution is 7.92. The highest BCUT2D eigenvalue weighted by atomic mass is 32.2. The Hall–Kier alpha value is -3.50. The summed E-state index contributed by atoms with van der Waals surface area (Å²) in [6.45, 7) is 6.48. The molecule has 3 aromatic heterocycles. The number of sulfonamides is 1. The molecule has 6 rings (SSSR count). The van der Waals surface area contributed by atoms with E-state index in [0.29, 0.717) is 18.1 Å². The summed E-state index contributed by atoms with van der Waals surface area (Å²) in [6, 6.07) is 15.2. The maximum atomic E-state index is 12.8. The van der Waals surface area contributed by atoms with Crippen LogP contribution in [-0.2, 0) is 10.0 Å². The monoisotopic (exact) mass is 489 g/mol. The molecule has 2 bridgehead atoms. The quantitative estimate of drug-likeness (QED) is 0.444. The molecular weight excluding hydrogens is 462 g/mol. The minimum atomic E-state index is -3.74. The van der Waals surface area contributed by atoms with Crippen LogP contribution in [0.5, 0.6) is 0 Å². The normalized spacial score (nSPS) is 20.3. The molecule has 1 N–H and O–H groups in total. The van der Waals surface area contributed by atoms with E-state index in [4.69, 9.17) is 4.98 Å². The predicted molar refractivity (Wildman–Crippen MR) is 135 cm³/mol. The molecule has 180 valence electrons. The van der Waals surface area contributed by atoms with Gasteiger partial charge in [0.2, 0.25) is 5.95 Å². The van der Waals surface area contributed by atoms with Gasteiger partial charge in [0.05, 0.1) is 10.6 Å². The van der Waals surface area contributed by atoms with E-state index in [-0.39, 0.29) is 10.7 Å². The van der Waals surface area contributed by atoms with Crippen molar-refractivity contribution in [1.82, 2.24) is 24.3 Å². The summed E-state index contributed by atoms with van der Waals surface area (Å²) in [6.07, 6.45) is 6.46. The Balaban J connectivity index is 1.34. The smallest absolute Gasteiger partial charge is 0.263 e. The summed E-state index contributed by atoms with van der Waals surface area (Å²) in [7, 11) is -3.74. The molecular formula is C25H27N7O2S. The predicted octanol–water partition coefficient (Wildman–Crippen LogP) is 3.26. The fraction of sp³-hybridized carbons (Fsp3) is 0.320. The van der Waals surface area contributed by atoms with Crippen molar-refractivity contribution in [2.24, 2.45) is 0 Å². The highest BCUT2D eigenvalue weighted by Crippen LogP contribution is 2.36. The lowest BCUT2D eigenvalue weighted by Crippen LogP contribution is -2.49. The maximum Gasteiger partial charge on any atom is 0.263 e. The number of imidazole rings is 1. The lowest BCUT2D eigenvalue weighted by Gasteiger charge is -2.37. The van der Waals surface area contributed by atoms with Gasteiger partial charge in [0.15, 0.2) is 0 Å². The van der Waals surface area contributed by atoms with Gasteiger partial charge in [-0.3, -0.25) is 14.0 Å². The van der Waals surface area contributed by atoms with Crippen molar-refractivity contribution in [2.45, 2.75) is 43.3 Å². The Labute approximate surface area is 204 Å². The lowest BCUT2D eigenvalue weighted by atomic mass is 10.2. The summed E-state index contributed by atoms with van der Waals surface area (Å²) in [5, 5.41) is 0. The molecule has 0 saturated carbocycles. The summed E-state index contributed by atoms with van der Waals surface area (Å²) in [4.78, 5) is 18.9. The van der Waals surface area contributed by atoms with Crippen LogP contribution in [0.1, 0.15) is 20.3 Å². The van der Waals surface area contributed by atoms with E-state index in [1.807, 2.05) is 22.7 Å². The zero-order chi connectivity index (χ0) is 24.2. The molecule has 9 nitrogen and oxygen atoms in total. The van der Waals surface area contributed by atoms with Gasteiger partial charge in [0.1, 0.15) is 11.5 Å². The van der Waals surface area contributed by atoms with Gasteiger partial charge in [-0.05, 0) is 44.5 Å². The van der Waals surface area contributed by atoms with Crippen molar-refractivity contribution < 1.29 is 8.42 Å². The number of hydrogen-bond donors (Lipinski definition) is 1. The van der Waals surface area contributed by atoms with Crippen LogP contribution in [0.25, 0.3) is 16.9 Å². The van der Waals surface area contributed by atoms with E-state index in [9.17, 15) is 8.42 Å². The van der Waals surface area contributed by atoms with Gasteiger partial charge in [0.25, 0.3) is 10.0 Å². The summed E-state index contributed by atoms with van der Waals surface area (Å²) >= 11 is 0. The largest absolute Gasteiger partial charge is 0.336 e. The third kappa shape index (κ3) is 3.92. The van der Waals surface area contributed by atoms with Crippen LogP contribution in [-0.4, -0.2) is 63.9 Å². The molecule has 2 saturated heterocycles. The van der Waals surface area contributed by atoms with Crippen molar-refractivity contribution in [3.8, 4) is 11.3 Å². The number of benzene rings is 1. The zero-order valence-corrected chi connectivity index (χ0v) is 20.4. The van der Waals surface area contributed by atoms with Crippen LogP contribution in [0.3, 0.4) is 0 Å². The van der Waals surface area contributed by atoms with Gasteiger partial charge in [-0.25, -0.2) is 23.4 Å².